The molecule has 3 N–H and O–H groups in total. The van der Waals surface area contributed by atoms with Gasteiger partial charge in [-0.05, 0) is 52.4 Å². The first kappa shape index (κ1) is 25.6. The predicted octanol–water partition coefficient (Wildman–Crippen LogP) is 4.89. The maximum absolute atomic E-state index is 12.9. The van der Waals surface area contributed by atoms with E-state index in [4.69, 9.17) is 61.2 Å². The van der Waals surface area contributed by atoms with Gasteiger partial charge >= 0.3 is 0 Å². The minimum atomic E-state index is -1.92. The second-order valence-electron chi connectivity index (χ2n) is 5.94. The van der Waals surface area contributed by atoms with Crippen molar-refractivity contribution in [1.29, 1.82) is 0 Å². The first-order valence-electron chi connectivity index (χ1n) is 8.60. The zero-order valence-electron chi connectivity index (χ0n) is 16.6. The van der Waals surface area contributed by atoms with Crippen LogP contribution in [0.15, 0.2) is 40.9 Å². The third-order valence-electron chi connectivity index (χ3n) is 3.93. The summed E-state index contributed by atoms with van der Waals surface area (Å²) in [6.07, 6.45) is -1.16. The van der Waals surface area contributed by atoms with Gasteiger partial charge in [0, 0.05) is 10.0 Å². The molecule has 0 aromatic heterocycles. The molecule has 0 saturated heterocycles. The molecule has 0 saturated carbocycles. The molecule has 0 fully saturated rings. The van der Waals surface area contributed by atoms with Crippen LogP contribution < -0.4 is 30.2 Å². The average molecular weight is 572 g/mol. The number of carbonyl (C=O) groups is 1. The summed E-state index contributed by atoms with van der Waals surface area (Å²) in [6.45, 7) is 0. The van der Waals surface area contributed by atoms with E-state index in [0.29, 0.717) is 22.9 Å². The Labute approximate surface area is 208 Å². The maximum Gasteiger partial charge on any atom is 0.253 e. The minimum Gasteiger partial charge on any atom is -0.493 e. The summed E-state index contributed by atoms with van der Waals surface area (Å²) in [7, 11) is 4.34. The van der Waals surface area contributed by atoms with E-state index in [-0.39, 0.29) is 10.7 Å². The van der Waals surface area contributed by atoms with Crippen molar-refractivity contribution in [2.45, 2.75) is 9.96 Å². The number of rotatable bonds is 7. The van der Waals surface area contributed by atoms with E-state index in [2.05, 4.69) is 31.9 Å². The van der Waals surface area contributed by atoms with E-state index >= 15 is 0 Å². The van der Waals surface area contributed by atoms with Crippen molar-refractivity contribution < 1.29 is 19.0 Å². The zero-order valence-corrected chi connectivity index (χ0v) is 21.3. The first-order valence-corrected chi connectivity index (χ1v) is 10.9. The largest absolute Gasteiger partial charge is 0.493 e. The van der Waals surface area contributed by atoms with Crippen molar-refractivity contribution in [3.05, 3.63) is 46.4 Å². The molecule has 2 aromatic carbocycles. The molecule has 0 spiro atoms. The SMILES string of the molecule is COc1cc(C(=O)N[C@H](NC(=S)Nc2ccccc2Br)C(Cl)(Cl)Cl)cc(OC)c1OC. The van der Waals surface area contributed by atoms with Gasteiger partial charge in [0.2, 0.25) is 9.54 Å². The normalized spacial score (nSPS) is 11.8. The van der Waals surface area contributed by atoms with Gasteiger partial charge < -0.3 is 30.2 Å². The highest BCUT2D eigenvalue weighted by Gasteiger charge is 2.35. The van der Waals surface area contributed by atoms with Crippen LogP contribution in [0.4, 0.5) is 5.69 Å². The Morgan fingerprint density at radius 2 is 1.61 bits per heavy atom. The molecular weight excluding hydrogens is 553 g/mol. The van der Waals surface area contributed by atoms with Crippen LogP contribution in [-0.4, -0.2) is 42.3 Å². The number of para-hydroxylation sites is 1. The van der Waals surface area contributed by atoms with Crippen LogP contribution in [-0.2, 0) is 0 Å². The number of halogens is 4. The Bertz CT molecular complexity index is 934. The first-order chi connectivity index (χ1) is 14.6. The van der Waals surface area contributed by atoms with Crippen molar-refractivity contribution in [3.63, 3.8) is 0 Å². The number of benzene rings is 2. The van der Waals surface area contributed by atoms with Gasteiger partial charge in [0.25, 0.3) is 5.91 Å². The number of amides is 1. The third kappa shape index (κ3) is 6.92. The highest BCUT2D eigenvalue weighted by molar-refractivity contribution is 9.10. The number of hydrogen-bond donors (Lipinski definition) is 3. The summed E-state index contributed by atoms with van der Waals surface area (Å²) in [5.74, 6) is 0.385. The number of thiocarbonyl (C=S) groups is 1. The molecule has 7 nitrogen and oxygen atoms in total. The van der Waals surface area contributed by atoms with Crippen LogP contribution in [0.5, 0.6) is 17.2 Å². The fraction of sp³-hybridized carbons (Fsp3) is 0.263. The van der Waals surface area contributed by atoms with Crippen molar-refractivity contribution >= 4 is 79.7 Å². The Balaban J connectivity index is 2.22. The Kier molecular flexibility index (Phi) is 9.32. The smallest absolute Gasteiger partial charge is 0.253 e. The molecule has 0 aliphatic heterocycles. The highest BCUT2D eigenvalue weighted by Crippen LogP contribution is 2.38. The van der Waals surface area contributed by atoms with Gasteiger partial charge in [-0.1, -0.05) is 46.9 Å². The van der Waals surface area contributed by atoms with Crippen molar-refractivity contribution in [1.82, 2.24) is 10.6 Å². The van der Waals surface area contributed by atoms with Crippen LogP contribution >= 0.6 is 63.0 Å². The molecule has 2 aromatic rings. The van der Waals surface area contributed by atoms with Gasteiger partial charge in [-0.3, -0.25) is 4.79 Å². The molecule has 1 atom stereocenters. The van der Waals surface area contributed by atoms with Crippen LogP contribution in [0.25, 0.3) is 0 Å². The molecule has 2 rings (SSSR count). The van der Waals surface area contributed by atoms with E-state index in [0.717, 1.165) is 4.47 Å². The molecular formula is C19H19BrCl3N3O4S. The third-order valence-corrected chi connectivity index (χ3v) is 5.49. The van der Waals surface area contributed by atoms with Crippen molar-refractivity contribution in [3.8, 4) is 17.2 Å². The van der Waals surface area contributed by atoms with Crippen LogP contribution in [0.1, 0.15) is 10.4 Å². The van der Waals surface area contributed by atoms with Gasteiger partial charge in [-0.15, -0.1) is 0 Å². The number of anilines is 1. The summed E-state index contributed by atoms with van der Waals surface area (Å²) in [5.41, 5.74) is 0.888. The number of alkyl halides is 3. The quantitative estimate of drug-likeness (QED) is 0.248. The van der Waals surface area contributed by atoms with Gasteiger partial charge in [0.15, 0.2) is 16.6 Å². The topological polar surface area (TPSA) is 80.9 Å². The van der Waals surface area contributed by atoms with Crippen molar-refractivity contribution in [2.24, 2.45) is 0 Å². The lowest BCUT2D eigenvalue weighted by molar-refractivity contribution is 0.0933. The Hall–Kier alpha value is -1.65. The Morgan fingerprint density at radius 1 is 1.03 bits per heavy atom. The van der Waals surface area contributed by atoms with Crippen LogP contribution in [0.3, 0.4) is 0 Å². The van der Waals surface area contributed by atoms with Gasteiger partial charge in [-0.25, -0.2) is 0 Å². The summed E-state index contributed by atoms with van der Waals surface area (Å²) < 4.78 is 14.7. The number of carbonyl (C=O) groups excluding carboxylic acids is 1. The molecule has 168 valence electrons. The molecule has 1 amide bonds. The lowest BCUT2D eigenvalue weighted by Crippen LogP contribution is -2.56. The molecule has 12 heteroatoms. The molecule has 0 aliphatic carbocycles. The number of ether oxygens (including phenoxy) is 3. The van der Waals surface area contributed by atoms with E-state index in [9.17, 15) is 4.79 Å². The molecule has 0 heterocycles. The van der Waals surface area contributed by atoms with Crippen LogP contribution in [0, 0.1) is 0 Å². The van der Waals surface area contributed by atoms with E-state index in [1.165, 1.54) is 33.5 Å². The number of hydrogen-bond acceptors (Lipinski definition) is 5. The second kappa shape index (κ2) is 11.3. The molecule has 0 bridgehead atoms. The minimum absolute atomic E-state index is 0.133. The number of methoxy groups -OCH3 is 3. The van der Waals surface area contributed by atoms with Crippen molar-refractivity contribution in [2.75, 3.05) is 26.6 Å². The van der Waals surface area contributed by atoms with E-state index in [1.54, 1.807) is 6.07 Å². The molecule has 0 unspecified atom stereocenters. The molecule has 31 heavy (non-hydrogen) atoms. The maximum atomic E-state index is 12.9. The summed E-state index contributed by atoms with van der Waals surface area (Å²) in [6, 6.07) is 10.3. The fourth-order valence-corrected chi connectivity index (χ4v) is 3.42. The molecule has 0 aliphatic rings. The zero-order chi connectivity index (χ0) is 23.2. The lowest BCUT2D eigenvalue weighted by Gasteiger charge is -2.28. The predicted molar refractivity (Wildman–Crippen MR) is 131 cm³/mol. The molecule has 0 radical (unpaired) electrons. The number of nitrogens with one attached hydrogen (secondary N) is 3. The average Bonchev–Trinajstić information content (AvgIpc) is 2.72. The van der Waals surface area contributed by atoms with E-state index < -0.39 is 15.9 Å². The standard InChI is InChI=1S/C19H19BrCl3N3O4S/c1-28-13-8-10(9-14(29-2)15(13)30-3)16(27)25-17(19(21,22)23)26-18(31)24-12-7-5-4-6-11(12)20/h4-9,17H,1-3H3,(H,25,27)(H2,24,26,31)/t17-/m1/s1. The summed E-state index contributed by atoms with van der Waals surface area (Å²) in [4.78, 5) is 12.9. The van der Waals surface area contributed by atoms with Gasteiger partial charge in [0.1, 0.15) is 6.17 Å². The van der Waals surface area contributed by atoms with Crippen LogP contribution in [0.2, 0.25) is 0 Å². The lowest BCUT2D eigenvalue weighted by atomic mass is 10.1. The van der Waals surface area contributed by atoms with E-state index in [1.807, 2.05) is 18.2 Å². The second-order valence-corrected chi connectivity index (χ2v) is 9.57. The monoisotopic (exact) mass is 569 g/mol. The van der Waals surface area contributed by atoms with Gasteiger partial charge in [-0.2, -0.15) is 0 Å². The van der Waals surface area contributed by atoms with Gasteiger partial charge in [0.05, 0.1) is 27.0 Å². The highest BCUT2D eigenvalue weighted by atomic mass is 79.9. The summed E-state index contributed by atoms with van der Waals surface area (Å²) >= 11 is 26.9. The fourth-order valence-electron chi connectivity index (χ4n) is 2.48. The summed E-state index contributed by atoms with van der Waals surface area (Å²) in [5, 5.41) is 8.51. The Morgan fingerprint density at radius 3 is 2.10 bits per heavy atom.